The van der Waals surface area contributed by atoms with Crippen LogP contribution in [0.3, 0.4) is 0 Å². The molecule has 1 aromatic rings. The number of rotatable bonds is 5. The van der Waals surface area contributed by atoms with Crippen LogP contribution < -0.4 is 10.1 Å². The van der Waals surface area contributed by atoms with Gasteiger partial charge in [0.25, 0.3) is 0 Å². The molecule has 2 saturated heterocycles. The number of benzene rings is 1. The first-order valence-electron chi connectivity index (χ1n) is 8.41. The molecular weight excluding hydrogens is 292 g/mol. The van der Waals surface area contributed by atoms with E-state index in [0.717, 1.165) is 18.4 Å². The van der Waals surface area contributed by atoms with Crippen molar-refractivity contribution in [2.45, 2.75) is 50.7 Å². The summed E-state index contributed by atoms with van der Waals surface area (Å²) in [6.07, 6.45) is 5.40. The fourth-order valence-electron chi connectivity index (χ4n) is 3.94. The summed E-state index contributed by atoms with van der Waals surface area (Å²) in [4.78, 5) is 14.2. The Bertz CT molecular complexity index is 563. The van der Waals surface area contributed by atoms with Gasteiger partial charge in [-0.3, -0.25) is 4.79 Å². The van der Waals surface area contributed by atoms with Crippen LogP contribution in [0.25, 0.3) is 0 Å². The topological polar surface area (TPSA) is 61.8 Å². The van der Waals surface area contributed by atoms with Gasteiger partial charge in [-0.05, 0) is 49.3 Å². The van der Waals surface area contributed by atoms with Crippen molar-refractivity contribution >= 4 is 5.91 Å². The van der Waals surface area contributed by atoms with Gasteiger partial charge in [0.1, 0.15) is 0 Å². The van der Waals surface area contributed by atoms with E-state index in [1.165, 1.54) is 20.0 Å². The number of fused-ring (bicyclic) bond motifs is 2. The molecule has 1 aromatic carbocycles. The van der Waals surface area contributed by atoms with Gasteiger partial charge in [-0.25, -0.2) is 0 Å². The lowest BCUT2D eigenvalue weighted by Gasteiger charge is -2.30. The maximum Gasteiger partial charge on any atom is 0.222 e. The normalized spacial score (nSPS) is 26.1. The molecule has 2 N–H and O–H groups in total. The Kier molecular flexibility index (Phi) is 4.76. The highest BCUT2D eigenvalue weighted by atomic mass is 16.5. The number of phenols is 1. The predicted molar refractivity (Wildman–Crippen MR) is 88.4 cm³/mol. The molecule has 0 radical (unpaired) electrons. The van der Waals surface area contributed by atoms with E-state index < -0.39 is 0 Å². The minimum Gasteiger partial charge on any atom is -0.504 e. The Morgan fingerprint density at radius 2 is 2.04 bits per heavy atom. The number of nitrogens with one attached hydrogen (secondary N) is 1. The molecule has 0 spiro atoms. The van der Waals surface area contributed by atoms with Crippen LogP contribution in [-0.2, 0) is 11.3 Å². The van der Waals surface area contributed by atoms with Crippen molar-refractivity contribution in [3.8, 4) is 11.5 Å². The molecule has 0 aliphatic carbocycles. The van der Waals surface area contributed by atoms with E-state index in [9.17, 15) is 9.90 Å². The smallest absolute Gasteiger partial charge is 0.222 e. The molecule has 2 bridgehead atoms. The lowest BCUT2D eigenvalue weighted by Crippen LogP contribution is -2.39. The quantitative estimate of drug-likeness (QED) is 0.874. The molecule has 5 heteroatoms. The second kappa shape index (κ2) is 6.79. The third-order valence-electron chi connectivity index (χ3n) is 5.12. The van der Waals surface area contributed by atoms with E-state index >= 15 is 0 Å². The number of hydrogen-bond donors (Lipinski definition) is 2. The zero-order valence-corrected chi connectivity index (χ0v) is 13.9. The van der Waals surface area contributed by atoms with E-state index in [1.54, 1.807) is 17.0 Å². The first-order chi connectivity index (χ1) is 11.0. The number of phenolic OH excluding ortho intramolecular Hbond substituents is 1. The van der Waals surface area contributed by atoms with Crippen LogP contribution in [0.4, 0.5) is 0 Å². The van der Waals surface area contributed by atoms with Gasteiger partial charge in [-0.15, -0.1) is 0 Å². The lowest BCUT2D eigenvalue weighted by atomic mass is 9.89. The van der Waals surface area contributed by atoms with Gasteiger partial charge in [0, 0.05) is 32.1 Å². The van der Waals surface area contributed by atoms with E-state index in [1.807, 2.05) is 13.1 Å². The fraction of sp³-hybridized carbons (Fsp3) is 0.611. The van der Waals surface area contributed by atoms with Crippen molar-refractivity contribution in [1.29, 1.82) is 0 Å². The second-order valence-electron chi connectivity index (χ2n) is 6.94. The van der Waals surface area contributed by atoms with Crippen molar-refractivity contribution in [2.24, 2.45) is 5.92 Å². The summed E-state index contributed by atoms with van der Waals surface area (Å²) in [5, 5.41) is 13.4. The number of ether oxygens (including phenoxy) is 1. The van der Waals surface area contributed by atoms with Gasteiger partial charge in [0.15, 0.2) is 11.5 Å². The molecule has 3 rings (SSSR count). The van der Waals surface area contributed by atoms with E-state index in [2.05, 4.69) is 5.32 Å². The Morgan fingerprint density at radius 1 is 1.35 bits per heavy atom. The average Bonchev–Trinajstić information content (AvgIpc) is 2.86. The first-order valence-corrected chi connectivity index (χ1v) is 8.41. The Balaban J connectivity index is 1.54. The number of nitrogens with zero attached hydrogens (tertiary/aromatic N) is 1. The van der Waals surface area contributed by atoms with Crippen LogP contribution in [0.2, 0.25) is 0 Å². The number of methoxy groups -OCH3 is 1. The zero-order chi connectivity index (χ0) is 16.4. The number of amides is 1. The molecule has 2 unspecified atom stereocenters. The lowest BCUT2D eigenvalue weighted by molar-refractivity contribution is -0.131. The highest BCUT2D eigenvalue weighted by molar-refractivity contribution is 5.76. The standard InChI is InChI=1S/C18H26N2O3/c1-20(11-12-3-6-17(23-2)16(21)9-12)18(22)10-13-7-14-4-5-15(8-13)19-14/h3,6,9,13-15,19,21H,4-5,7-8,10-11H2,1-2H3. The molecule has 2 aliphatic rings. The van der Waals surface area contributed by atoms with Crippen molar-refractivity contribution in [1.82, 2.24) is 10.2 Å². The van der Waals surface area contributed by atoms with Gasteiger partial charge in [0.2, 0.25) is 5.91 Å². The maximum atomic E-state index is 12.5. The molecular formula is C18H26N2O3. The molecule has 23 heavy (non-hydrogen) atoms. The van der Waals surface area contributed by atoms with Gasteiger partial charge in [-0.1, -0.05) is 6.07 Å². The number of hydrogen-bond acceptors (Lipinski definition) is 4. The Labute approximate surface area is 137 Å². The molecule has 2 aliphatic heterocycles. The summed E-state index contributed by atoms with van der Waals surface area (Å²) in [6.45, 7) is 0.508. The van der Waals surface area contributed by atoms with Crippen LogP contribution in [0.1, 0.15) is 37.7 Å². The summed E-state index contributed by atoms with van der Waals surface area (Å²) in [5.74, 6) is 1.26. The summed E-state index contributed by atoms with van der Waals surface area (Å²) >= 11 is 0. The van der Waals surface area contributed by atoms with Crippen molar-refractivity contribution in [2.75, 3.05) is 14.2 Å². The maximum absolute atomic E-state index is 12.5. The first kappa shape index (κ1) is 16.1. The Hall–Kier alpha value is -1.75. The number of carbonyl (C=O) groups excluding carboxylic acids is 1. The van der Waals surface area contributed by atoms with Crippen LogP contribution in [-0.4, -0.2) is 42.2 Å². The molecule has 2 fully saturated rings. The third kappa shape index (κ3) is 3.78. The summed E-state index contributed by atoms with van der Waals surface area (Å²) in [6, 6.07) is 6.51. The highest BCUT2D eigenvalue weighted by Crippen LogP contribution is 2.33. The Morgan fingerprint density at radius 3 is 2.65 bits per heavy atom. The van der Waals surface area contributed by atoms with Crippen LogP contribution >= 0.6 is 0 Å². The summed E-state index contributed by atoms with van der Waals surface area (Å²) < 4.78 is 5.04. The summed E-state index contributed by atoms with van der Waals surface area (Å²) in [7, 11) is 3.36. The van der Waals surface area contributed by atoms with Crippen molar-refractivity contribution in [3.63, 3.8) is 0 Å². The molecule has 5 nitrogen and oxygen atoms in total. The molecule has 2 atom stereocenters. The molecule has 126 valence electrons. The third-order valence-corrected chi connectivity index (χ3v) is 5.12. The van der Waals surface area contributed by atoms with Crippen LogP contribution in [0.5, 0.6) is 11.5 Å². The SMILES string of the molecule is COc1ccc(CN(C)C(=O)CC2CC3CCC(C2)N3)cc1O. The average molecular weight is 318 g/mol. The van der Waals surface area contributed by atoms with Crippen molar-refractivity contribution in [3.05, 3.63) is 23.8 Å². The number of piperidine rings is 1. The van der Waals surface area contributed by atoms with E-state index in [0.29, 0.717) is 36.7 Å². The van der Waals surface area contributed by atoms with E-state index in [-0.39, 0.29) is 11.7 Å². The molecule has 0 aromatic heterocycles. The predicted octanol–water partition coefficient (Wildman–Crippen LogP) is 2.28. The van der Waals surface area contributed by atoms with Gasteiger partial charge < -0.3 is 20.1 Å². The highest BCUT2D eigenvalue weighted by Gasteiger charge is 2.34. The number of aromatic hydroxyl groups is 1. The molecule has 1 amide bonds. The van der Waals surface area contributed by atoms with Crippen LogP contribution in [0, 0.1) is 5.92 Å². The van der Waals surface area contributed by atoms with Gasteiger partial charge in [-0.2, -0.15) is 0 Å². The van der Waals surface area contributed by atoms with E-state index in [4.69, 9.17) is 4.74 Å². The van der Waals surface area contributed by atoms with Crippen LogP contribution in [0.15, 0.2) is 18.2 Å². The number of carbonyl (C=O) groups is 1. The minimum absolute atomic E-state index is 0.112. The van der Waals surface area contributed by atoms with Gasteiger partial charge >= 0.3 is 0 Å². The minimum atomic E-state index is 0.112. The fourth-order valence-corrected chi connectivity index (χ4v) is 3.94. The van der Waals surface area contributed by atoms with Crippen molar-refractivity contribution < 1.29 is 14.6 Å². The molecule has 2 heterocycles. The molecule has 0 saturated carbocycles. The second-order valence-corrected chi connectivity index (χ2v) is 6.94. The summed E-state index contributed by atoms with van der Waals surface area (Å²) in [5.41, 5.74) is 0.907. The monoisotopic (exact) mass is 318 g/mol. The largest absolute Gasteiger partial charge is 0.504 e. The van der Waals surface area contributed by atoms with Gasteiger partial charge in [0.05, 0.1) is 7.11 Å². The zero-order valence-electron chi connectivity index (χ0n) is 13.9.